The summed E-state index contributed by atoms with van der Waals surface area (Å²) in [6.45, 7) is 6.91. The molecule has 5 aliphatic rings. The highest BCUT2D eigenvalue weighted by Gasteiger charge is 2.54. The number of piperidine rings is 1. The number of hydrogen-bond acceptors (Lipinski definition) is 2. The lowest BCUT2D eigenvalue weighted by atomic mass is 9.49. The predicted molar refractivity (Wildman–Crippen MR) is 93.1 cm³/mol. The highest BCUT2D eigenvalue weighted by atomic mass is 16.2. The lowest BCUT2D eigenvalue weighted by molar-refractivity contribution is -0.146. The molecule has 1 N–H and O–H groups in total. The van der Waals surface area contributed by atoms with Crippen molar-refractivity contribution in [3.8, 4) is 0 Å². The van der Waals surface area contributed by atoms with Crippen LogP contribution in [0.25, 0.3) is 0 Å². The second kappa shape index (κ2) is 6.38. The predicted octanol–water partition coefficient (Wildman–Crippen LogP) is 3.44. The van der Waals surface area contributed by atoms with Gasteiger partial charge in [-0.2, -0.15) is 0 Å². The van der Waals surface area contributed by atoms with E-state index in [-0.39, 0.29) is 5.41 Å². The van der Waals surface area contributed by atoms with E-state index >= 15 is 0 Å². The van der Waals surface area contributed by atoms with Crippen LogP contribution in [0.1, 0.15) is 64.7 Å². The molecule has 4 saturated carbocycles. The van der Waals surface area contributed by atoms with Crippen molar-refractivity contribution in [1.29, 1.82) is 0 Å². The summed E-state index contributed by atoms with van der Waals surface area (Å²) in [4.78, 5) is 15.4. The van der Waals surface area contributed by atoms with Crippen molar-refractivity contribution in [3.05, 3.63) is 0 Å². The van der Waals surface area contributed by atoms with E-state index in [2.05, 4.69) is 17.1 Å². The molecule has 3 nitrogen and oxygen atoms in total. The number of nitrogens with one attached hydrogen (secondary N) is 1. The Morgan fingerprint density at radius 1 is 1.04 bits per heavy atom. The Hall–Kier alpha value is -0.570. The van der Waals surface area contributed by atoms with Gasteiger partial charge in [0.2, 0.25) is 5.91 Å². The van der Waals surface area contributed by atoms with Crippen LogP contribution in [0.4, 0.5) is 0 Å². The second-order valence-electron chi connectivity index (χ2n) is 9.33. The molecule has 0 spiro atoms. The smallest absolute Gasteiger partial charge is 0.226 e. The highest BCUT2D eigenvalue weighted by molar-refractivity contribution is 5.83. The van der Waals surface area contributed by atoms with Gasteiger partial charge in [0, 0.05) is 12.0 Å². The van der Waals surface area contributed by atoms with Gasteiger partial charge in [-0.3, -0.25) is 4.79 Å². The molecule has 1 heterocycles. The summed E-state index contributed by atoms with van der Waals surface area (Å²) in [5, 5.41) is 3.32. The van der Waals surface area contributed by atoms with Gasteiger partial charge in [0.1, 0.15) is 0 Å². The molecule has 1 amide bonds. The number of carbonyl (C=O) groups is 1. The van der Waals surface area contributed by atoms with Gasteiger partial charge in [0.05, 0.1) is 0 Å². The van der Waals surface area contributed by atoms with Gasteiger partial charge in [-0.25, -0.2) is 0 Å². The largest absolute Gasteiger partial charge is 0.356 e. The van der Waals surface area contributed by atoms with Crippen LogP contribution in [0.3, 0.4) is 0 Å². The summed E-state index contributed by atoms with van der Waals surface area (Å²) < 4.78 is 0. The van der Waals surface area contributed by atoms with Crippen molar-refractivity contribution < 1.29 is 4.79 Å². The molecule has 5 fully saturated rings. The third kappa shape index (κ3) is 3.31. The van der Waals surface area contributed by atoms with E-state index in [1.165, 1.54) is 64.5 Å². The van der Waals surface area contributed by atoms with E-state index in [1.807, 2.05) is 0 Å². The van der Waals surface area contributed by atoms with Gasteiger partial charge in [0.25, 0.3) is 0 Å². The van der Waals surface area contributed by atoms with Crippen LogP contribution < -0.4 is 5.32 Å². The minimum Gasteiger partial charge on any atom is -0.356 e. The second-order valence-corrected chi connectivity index (χ2v) is 9.33. The van der Waals surface area contributed by atoms with Crippen molar-refractivity contribution in [2.45, 2.75) is 64.7 Å². The minimum atomic E-state index is 0.0370. The Balaban J connectivity index is 1.22. The van der Waals surface area contributed by atoms with Crippen molar-refractivity contribution in [2.24, 2.45) is 29.1 Å². The first-order valence-electron chi connectivity index (χ1n) is 10.1. The van der Waals surface area contributed by atoms with Crippen LogP contribution in [-0.4, -0.2) is 37.0 Å². The maximum atomic E-state index is 12.9. The zero-order valence-electron chi connectivity index (χ0n) is 14.9. The fourth-order valence-electron chi connectivity index (χ4n) is 6.37. The molecule has 0 aromatic heterocycles. The number of carbonyl (C=O) groups excluding carboxylic acids is 1. The third-order valence-electron chi connectivity index (χ3n) is 7.33. The Morgan fingerprint density at radius 3 is 2.17 bits per heavy atom. The average molecular weight is 319 g/mol. The lowest BCUT2D eigenvalue weighted by Gasteiger charge is -2.55. The molecule has 4 aliphatic carbocycles. The fraction of sp³-hybridized carbons (Fsp3) is 0.950. The summed E-state index contributed by atoms with van der Waals surface area (Å²) >= 11 is 0. The van der Waals surface area contributed by atoms with Crippen LogP contribution in [0.5, 0.6) is 0 Å². The minimum absolute atomic E-state index is 0.0370. The van der Waals surface area contributed by atoms with Gasteiger partial charge < -0.3 is 10.2 Å². The zero-order chi connectivity index (χ0) is 15.9. The monoisotopic (exact) mass is 318 g/mol. The molecule has 4 bridgehead atoms. The topological polar surface area (TPSA) is 32.3 Å². The first-order valence-corrected chi connectivity index (χ1v) is 10.1. The molecular formula is C20H34N2O. The molecule has 3 heteroatoms. The summed E-state index contributed by atoms with van der Waals surface area (Å²) in [6.07, 6.45) is 11.6. The molecule has 1 saturated heterocycles. The summed E-state index contributed by atoms with van der Waals surface area (Å²) in [7, 11) is 0. The number of nitrogens with zero attached hydrogens (tertiary/aromatic N) is 1. The van der Waals surface area contributed by atoms with Crippen LogP contribution in [0.2, 0.25) is 0 Å². The summed E-state index contributed by atoms with van der Waals surface area (Å²) in [6, 6.07) is 0. The first kappa shape index (κ1) is 15.9. The van der Waals surface area contributed by atoms with E-state index < -0.39 is 0 Å². The molecule has 130 valence electrons. The van der Waals surface area contributed by atoms with Crippen molar-refractivity contribution in [1.82, 2.24) is 10.2 Å². The molecule has 23 heavy (non-hydrogen) atoms. The third-order valence-corrected chi connectivity index (χ3v) is 7.33. The van der Waals surface area contributed by atoms with Crippen molar-refractivity contribution in [3.63, 3.8) is 0 Å². The number of amides is 1. The summed E-state index contributed by atoms with van der Waals surface area (Å²) in [5.74, 6) is 3.90. The Morgan fingerprint density at radius 2 is 1.61 bits per heavy atom. The molecule has 0 aromatic carbocycles. The van der Waals surface area contributed by atoms with Crippen molar-refractivity contribution in [2.75, 3.05) is 26.2 Å². The van der Waals surface area contributed by atoms with Gasteiger partial charge >= 0.3 is 0 Å². The number of hydrogen-bond donors (Lipinski definition) is 1. The van der Waals surface area contributed by atoms with Crippen LogP contribution >= 0.6 is 0 Å². The van der Waals surface area contributed by atoms with Gasteiger partial charge in [0.15, 0.2) is 0 Å². The number of rotatable bonds is 5. The molecule has 0 unspecified atom stereocenters. The Kier molecular flexibility index (Phi) is 4.42. The lowest BCUT2D eigenvalue weighted by Crippen LogP contribution is -2.53. The first-order chi connectivity index (χ1) is 11.1. The molecule has 5 rings (SSSR count). The van der Waals surface area contributed by atoms with E-state index in [0.29, 0.717) is 5.91 Å². The standard InChI is InChI=1S/C20H34N2O/c1-15-3-7-22(8-4-15)6-2-5-21-19(23)20-12-16-9-17(13-20)11-18(10-16)14-20/h15-18H,2-14H2,1H3,(H,21,23). The van der Waals surface area contributed by atoms with E-state index in [4.69, 9.17) is 0 Å². The fourth-order valence-corrected chi connectivity index (χ4v) is 6.37. The van der Waals surface area contributed by atoms with E-state index in [9.17, 15) is 4.79 Å². The molecule has 0 radical (unpaired) electrons. The normalized spacial score (nSPS) is 40.5. The van der Waals surface area contributed by atoms with E-state index in [0.717, 1.165) is 43.2 Å². The van der Waals surface area contributed by atoms with Crippen LogP contribution in [-0.2, 0) is 4.79 Å². The van der Waals surface area contributed by atoms with Gasteiger partial charge in [-0.1, -0.05) is 6.92 Å². The van der Waals surface area contributed by atoms with Gasteiger partial charge in [-0.15, -0.1) is 0 Å². The molecule has 1 aliphatic heterocycles. The Bertz CT molecular complexity index is 404. The van der Waals surface area contributed by atoms with Crippen LogP contribution in [0.15, 0.2) is 0 Å². The zero-order valence-corrected chi connectivity index (χ0v) is 14.9. The number of likely N-dealkylation sites (tertiary alicyclic amines) is 1. The molecular weight excluding hydrogens is 284 g/mol. The maximum Gasteiger partial charge on any atom is 0.226 e. The molecule has 0 aromatic rings. The Labute approximate surface area is 141 Å². The highest BCUT2D eigenvalue weighted by Crippen LogP contribution is 2.60. The average Bonchev–Trinajstić information content (AvgIpc) is 2.52. The molecule has 0 atom stereocenters. The maximum absolute atomic E-state index is 12.9. The summed E-state index contributed by atoms with van der Waals surface area (Å²) in [5.41, 5.74) is 0.0370. The van der Waals surface area contributed by atoms with E-state index in [1.54, 1.807) is 0 Å². The quantitative estimate of drug-likeness (QED) is 0.788. The SMILES string of the molecule is CC1CCN(CCCNC(=O)C23CC4CC(CC(C4)C2)C3)CC1. The van der Waals surface area contributed by atoms with Crippen molar-refractivity contribution >= 4 is 5.91 Å². The van der Waals surface area contributed by atoms with Crippen LogP contribution in [0, 0.1) is 29.1 Å². The van der Waals surface area contributed by atoms with Gasteiger partial charge in [-0.05, 0) is 101 Å².